The summed E-state index contributed by atoms with van der Waals surface area (Å²) in [5.41, 5.74) is 0.842. The van der Waals surface area contributed by atoms with E-state index in [-0.39, 0.29) is 0 Å². The summed E-state index contributed by atoms with van der Waals surface area (Å²) >= 11 is 0. The molecule has 0 fully saturated rings. The lowest BCUT2D eigenvalue weighted by molar-refractivity contribution is 0.371. The Labute approximate surface area is 101 Å². The minimum absolute atomic E-state index is 0.677. The van der Waals surface area contributed by atoms with Crippen LogP contribution in [0.2, 0.25) is 0 Å². The fraction of sp³-hybridized carbons (Fsp3) is 0.667. The van der Waals surface area contributed by atoms with Gasteiger partial charge in [0, 0.05) is 5.57 Å². The Morgan fingerprint density at radius 2 is 2.12 bits per heavy atom. The fourth-order valence-corrected chi connectivity index (χ4v) is 2.04. The summed E-state index contributed by atoms with van der Waals surface area (Å²) in [6.45, 7) is 8.52. The van der Waals surface area contributed by atoms with Crippen LogP contribution in [0.25, 0.3) is 0 Å². The van der Waals surface area contributed by atoms with E-state index in [4.69, 9.17) is 5.26 Å². The molecule has 0 saturated heterocycles. The van der Waals surface area contributed by atoms with E-state index in [0.717, 1.165) is 17.9 Å². The van der Waals surface area contributed by atoms with Gasteiger partial charge >= 0.3 is 0 Å². The number of unbranched alkanes of at least 4 members (excludes halogenated alkanes) is 1. The highest BCUT2D eigenvalue weighted by molar-refractivity contribution is 5.16. The maximum atomic E-state index is 8.62. The van der Waals surface area contributed by atoms with Gasteiger partial charge in [0.1, 0.15) is 0 Å². The monoisotopic (exact) mass is 219 g/mol. The predicted molar refractivity (Wildman–Crippen MR) is 71.0 cm³/mol. The highest BCUT2D eigenvalue weighted by Crippen LogP contribution is 2.23. The first-order chi connectivity index (χ1) is 7.65. The van der Waals surface area contributed by atoms with Crippen molar-refractivity contribution in [1.82, 2.24) is 0 Å². The van der Waals surface area contributed by atoms with Crippen LogP contribution in [0, 0.1) is 23.2 Å². The average Bonchev–Trinajstić information content (AvgIpc) is 2.29. The number of nitriles is 1. The van der Waals surface area contributed by atoms with Gasteiger partial charge in [0.05, 0.1) is 6.07 Å². The van der Waals surface area contributed by atoms with E-state index >= 15 is 0 Å². The molecule has 0 bridgehead atoms. The van der Waals surface area contributed by atoms with E-state index in [2.05, 4.69) is 39.0 Å². The quantitative estimate of drug-likeness (QED) is 0.340. The number of hydrogen-bond donors (Lipinski definition) is 0. The van der Waals surface area contributed by atoms with Gasteiger partial charge in [-0.05, 0) is 44.9 Å². The third-order valence-corrected chi connectivity index (χ3v) is 3.17. The van der Waals surface area contributed by atoms with Crippen LogP contribution >= 0.6 is 0 Å². The van der Waals surface area contributed by atoms with Crippen molar-refractivity contribution in [2.45, 2.75) is 53.4 Å². The molecular weight excluding hydrogens is 194 g/mol. The van der Waals surface area contributed by atoms with E-state index in [9.17, 15) is 0 Å². The first-order valence-corrected chi connectivity index (χ1v) is 6.35. The first-order valence-electron chi connectivity index (χ1n) is 6.35. The van der Waals surface area contributed by atoms with Crippen LogP contribution in [0.15, 0.2) is 23.8 Å². The molecule has 0 spiro atoms. The second-order valence-corrected chi connectivity index (χ2v) is 4.48. The van der Waals surface area contributed by atoms with Crippen LogP contribution in [-0.4, -0.2) is 0 Å². The fourth-order valence-electron chi connectivity index (χ4n) is 2.04. The molecule has 0 aliphatic heterocycles. The highest BCUT2D eigenvalue weighted by atomic mass is 14.2. The van der Waals surface area contributed by atoms with Crippen LogP contribution in [0.4, 0.5) is 0 Å². The Bertz CT molecular complexity index is 268. The third kappa shape index (κ3) is 6.45. The van der Waals surface area contributed by atoms with Gasteiger partial charge in [-0.2, -0.15) is 5.26 Å². The summed E-state index contributed by atoms with van der Waals surface area (Å²) in [4.78, 5) is 0. The summed E-state index contributed by atoms with van der Waals surface area (Å²) < 4.78 is 0. The SMILES string of the molecule is C/C=C\C(C)C(CC)CCC/C=C(\C)C#N. The van der Waals surface area contributed by atoms with Gasteiger partial charge < -0.3 is 0 Å². The van der Waals surface area contributed by atoms with Crippen molar-refractivity contribution in [3.05, 3.63) is 23.8 Å². The Morgan fingerprint density at radius 3 is 2.62 bits per heavy atom. The molecule has 2 unspecified atom stereocenters. The Hall–Kier alpha value is -1.03. The summed E-state index contributed by atoms with van der Waals surface area (Å²) in [5, 5.41) is 8.62. The van der Waals surface area contributed by atoms with Crippen molar-refractivity contribution in [3.8, 4) is 6.07 Å². The normalized spacial score (nSPS) is 16.1. The molecule has 16 heavy (non-hydrogen) atoms. The van der Waals surface area contributed by atoms with Gasteiger partial charge in [0.25, 0.3) is 0 Å². The molecule has 0 amide bonds. The minimum Gasteiger partial charge on any atom is -0.193 e. The molecule has 0 saturated carbocycles. The Balaban J connectivity index is 3.93. The molecular formula is C15H25N. The number of allylic oxidation sites excluding steroid dienone is 4. The van der Waals surface area contributed by atoms with Crippen molar-refractivity contribution in [3.63, 3.8) is 0 Å². The lowest BCUT2D eigenvalue weighted by Crippen LogP contribution is -2.08. The molecule has 1 heteroatoms. The van der Waals surface area contributed by atoms with Gasteiger partial charge in [-0.15, -0.1) is 0 Å². The third-order valence-electron chi connectivity index (χ3n) is 3.17. The van der Waals surface area contributed by atoms with Gasteiger partial charge in [-0.1, -0.05) is 38.5 Å². The van der Waals surface area contributed by atoms with Gasteiger partial charge in [-0.25, -0.2) is 0 Å². The van der Waals surface area contributed by atoms with Crippen molar-refractivity contribution >= 4 is 0 Å². The van der Waals surface area contributed by atoms with Crippen LogP contribution in [0.5, 0.6) is 0 Å². The molecule has 2 atom stereocenters. The van der Waals surface area contributed by atoms with E-state index < -0.39 is 0 Å². The van der Waals surface area contributed by atoms with Crippen molar-refractivity contribution in [2.24, 2.45) is 11.8 Å². The standard InChI is InChI=1S/C15H25N/c1-5-9-14(4)15(6-2)11-8-7-10-13(3)12-16/h5,9-10,14-15H,6-8,11H2,1-4H3/b9-5-,13-10+. The van der Waals surface area contributed by atoms with Gasteiger partial charge in [0.2, 0.25) is 0 Å². The zero-order chi connectivity index (χ0) is 12.4. The van der Waals surface area contributed by atoms with Crippen molar-refractivity contribution in [2.75, 3.05) is 0 Å². The van der Waals surface area contributed by atoms with Crippen LogP contribution < -0.4 is 0 Å². The van der Waals surface area contributed by atoms with E-state index in [1.54, 1.807) is 0 Å². The van der Waals surface area contributed by atoms with Gasteiger partial charge in [0.15, 0.2) is 0 Å². The highest BCUT2D eigenvalue weighted by Gasteiger charge is 2.11. The van der Waals surface area contributed by atoms with Crippen molar-refractivity contribution in [1.29, 1.82) is 5.26 Å². The first kappa shape index (κ1) is 15.0. The molecule has 0 aliphatic rings. The van der Waals surface area contributed by atoms with Crippen LogP contribution in [0.1, 0.15) is 53.4 Å². The Morgan fingerprint density at radius 1 is 1.44 bits per heavy atom. The predicted octanol–water partition coefficient (Wildman–Crippen LogP) is 4.86. The van der Waals surface area contributed by atoms with Crippen LogP contribution in [0.3, 0.4) is 0 Å². The molecule has 90 valence electrons. The smallest absolute Gasteiger partial charge is 0.0940 e. The lowest BCUT2D eigenvalue weighted by Gasteiger charge is -2.19. The minimum atomic E-state index is 0.677. The van der Waals surface area contributed by atoms with E-state index in [1.165, 1.54) is 19.3 Å². The molecule has 0 rings (SSSR count). The summed E-state index contributed by atoms with van der Waals surface area (Å²) in [5.74, 6) is 1.46. The second-order valence-electron chi connectivity index (χ2n) is 4.48. The zero-order valence-electron chi connectivity index (χ0n) is 11.2. The molecule has 0 aromatic rings. The lowest BCUT2D eigenvalue weighted by atomic mass is 9.87. The summed E-state index contributed by atoms with van der Waals surface area (Å²) in [6.07, 6.45) is 11.2. The Kier molecular flexibility index (Phi) is 8.62. The molecule has 0 heterocycles. The maximum Gasteiger partial charge on any atom is 0.0940 e. The summed E-state index contributed by atoms with van der Waals surface area (Å²) in [7, 11) is 0. The largest absolute Gasteiger partial charge is 0.193 e. The topological polar surface area (TPSA) is 23.8 Å². The molecule has 0 aliphatic carbocycles. The van der Waals surface area contributed by atoms with Gasteiger partial charge in [-0.3, -0.25) is 0 Å². The molecule has 0 N–H and O–H groups in total. The van der Waals surface area contributed by atoms with E-state index in [1.807, 2.05) is 13.0 Å². The molecule has 1 nitrogen and oxygen atoms in total. The average molecular weight is 219 g/mol. The van der Waals surface area contributed by atoms with Crippen LogP contribution in [-0.2, 0) is 0 Å². The summed E-state index contributed by atoms with van der Waals surface area (Å²) in [6, 6.07) is 2.16. The number of nitrogens with zero attached hydrogens (tertiary/aromatic N) is 1. The maximum absolute atomic E-state index is 8.62. The van der Waals surface area contributed by atoms with Crippen molar-refractivity contribution < 1.29 is 0 Å². The zero-order valence-corrected chi connectivity index (χ0v) is 11.2. The molecule has 0 radical (unpaired) electrons. The number of rotatable bonds is 7. The van der Waals surface area contributed by atoms with E-state index in [0.29, 0.717) is 5.92 Å². The molecule has 0 aromatic carbocycles. The second kappa shape index (κ2) is 9.21. The molecule has 0 aromatic heterocycles. The number of hydrogen-bond acceptors (Lipinski definition) is 1.